The van der Waals surface area contributed by atoms with E-state index in [0.29, 0.717) is 13.1 Å². The molecule has 0 aromatic carbocycles. The highest BCUT2D eigenvalue weighted by Gasteiger charge is 2.24. The van der Waals surface area contributed by atoms with Crippen LogP contribution in [0.1, 0.15) is 13.8 Å². The number of carbonyl (C=O) groups excluding carboxylic acids is 2. The van der Waals surface area contributed by atoms with Crippen LogP contribution in [0, 0.1) is 0 Å². The smallest absolute Gasteiger partial charge is 0.282 e. The fourth-order valence-electron chi connectivity index (χ4n) is 2.62. The van der Waals surface area contributed by atoms with Crippen molar-refractivity contribution < 1.29 is 14.3 Å². The molecule has 20 heavy (non-hydrogen) atoms. The molecule has 0 aromatic heterocycles. The minimum Gasteiger partial charge on any atom is -0.373 e. The Bertz CT molecular complexity index is 357. The summed E-state index contributed by atoms with van der Waals surface area (Å²) in [6.45, 7) is 8.25. The van der Waals surface area contributed by atoms with E-state index in [4.69, 9.17) is 4.74 Å². The first kappa shape index (κ1) is 15.6. The van der Waals surface area contributed by atoms with E-state index in [1.165, 1.54) is 11.8 Å². The van der Waals surface area contributed by atoms with Gasteiger partial charge in [-0.05, 0) is 13.8 Å². The van der Waals surface area contributed by atoms with Crippen LogP contribution in [0.5, 0.6) is 0 Å². The molecule has 2 aliphatic rings. The third-order valence-corrected chi connectivity index (χ3v) is 4.32. The Morgan fingerprint density at radius 1 is 1.40 bits per heavy atom. The van der Waals surface area contributed by atoms with E-state index in [-0.39, 0.29) is 29.9 Å². The summed E-state index contributed by atoms with van der Waals surface area (Å²) in [7, 11) is 0. The molecule has 2 atom stereocenters. The van der Waals surface area contributed by atoms with Gasteiger partial charge in [0.25, 0.3) is 5.24 Å². The number of carbonyl (C=O) groups is 2. The van der Waals surface area contributed by atoms with Gasteiger partial charge in [-0.1, -0.05) is 11.8 Å². The van der Waals surface area contributed by atoms with Gasteiger partial charge in [0.05, 0.1) is 12.2 Å². The third kappa shape index (κ3) is 4.64. The maximum Gasteiger partial charge on any atom is 0.282 e. The summed E-state index contributed by atoms with van der Waals surface area (Å²) >= 11 is 1.28. The summed E-state index contributed by atoms with van der Waals surface area (Å²) in [6.07, 6.45) is 0.488. The number of rotatable bonds is 5. The molecule has 1 N–H and O–H groups in total. The van der Waals surface area contributed by atoms with Crippen LogP contribution in [0.2, 0.25) is 0 Å². The Kier molecular flexibility index (Phi) is 5.68. The van der Waals surface area contributed by atoms with Gasteiger partial charge in [-0.25, -0.2) is 0 Å². The average molecular weight is 301 g/mol. The van der Waals surface area contributed by atoms with E-state index in [9.17, 15) is 9.59 Å². The largest absolute Gasteiger partial charge is 0.373 e. The lowest BCUT2D eigenvalue weighted by Gasteiger charge is -2.35. The van der Waals surface area contributed by atoms with E-state index in [0.717, 1.165) is 25.4 Å². The van der Waals surface area contributed by atoms with Crippen LogP contribution < -0.4 is 5.32 Å². The maximum atomic E-state index is 11.8. The van der Waals surface area contributed by atoms with E-state index in [1.54, 1.807) is 4.90 Å². The molecule has 2 unspecified atom stereocenters. The molecule has 0 radical (unpaired) electrons. The van der Waals surface area contributed by atoms with Crippen molar-refractivity contribution in [2.75, 3.05) is 45.0 Å². The topological polar surface area (TPSA) is 61.9 Å². The fraction of sp³-hybridized carbons (Fsp3) is 0.846. The minimum atomic E-state index is -0.0739. The number of ether oxygens (including phenoxy) is 1. The van der Waals surface area contributed by atoms with Gasteiger partial charge in [0.2, 0.25) is 5.91 Å². The second kappa shape index (κ2) is 7.28. The van der Waals surface area contributed by atoms with Crippen LogP contribution in [-0.4, -0.2) is 78.2 Å². The van der Waals surface area contributed by atoms with Gasteiger partial charge in [-0.3, -0.25) is 14.5 Å². The van der Waals surface area contributed by atoms with Crippen molar-refractivity contribution in [2.24, 2.45) is 0 Å². The lowest BCUT2D eigenvalue weighted by molar-refractivity contribution is -0.121. The second-order valence-corrected chi connectivity index (χ2v) is 6.45. The molecule has 2 heterocycles. The fourth-order valence-corrected chi connectivity index (χ4v) is 3.44. The molecule has 0 bridgehead atoms. The number of hydrogen-bond donors (Lipinski definition) is 1. The maximum absolute atomic E-state index is 11.8. The van der Waals surface area contributed by atoms with Crippen molar-refractivity contribution in [2.45, 2.75) is 26.1 Å². The highest BCUT2D eigenvalue weighted by atomic mass is 32.2. The molecular weight excluding hydrogens is 278 g/mol. The van der Waals surface area contributed by atoms with Crippen molar-refractivity contribution >= 4 is 22.9 Å². The molecule has 2 fully saturated rings. The van der Waals surface area contributed by atoms with Gasteiger partial charge in [0, 0.05) is 38.5 Å². The van der Waals surface area contributed by atoms with Gasteiger partial charge in [0.15, 0.2) is 0 Å². The molecule has 2 rings (SSSR count). The highest BCUT2D eigenvalue weighted by Crippen LogP contribution is 2.16. The lowest BCUT2D eigenvalue weighted by atomic mass is 10.2. The van der Waals surface area contributed by atoms with Gasteiger partial charge < -0.3 is 15.0 Å². The zero-order chi connectivity index (χ0) is 14.5. The van der Waals surface area contributed by atoms with Crippen molar-refractivity contribution in [1.29, 1.82) is 0 Å². The van der Waals surface area contributed by atoms with Gasteiger partial charge >= 0.3 is 0 Å². The quantitative estimate of drug-likeness (QED) is 0.795. The zero-order valence-corrected chi connectivity index (χ0v) is 12.9. The summed E-state index contributed by atoms with van der Waals surface area (Å²) in [5.74, 6) is 0.713. The number of nitrogens with one attached hydrogen (secondary N) is 1. The SMILES string of the molecule is CC1CN(CCNC(=O)CN2CCSC2=O)CC(C)O1. The van der Waals surface area contributed by atoms with E-state index >= 15 is 0 Å². The van der Waals surface area contributed by atoms with Crippen LogP contribution in [0.15, 0.2) is 0 Å². The highest BCUT2D eigenvalue weighted by molar-refractivity contribution is 8.13. The molecule has 0 aliphatic carbocycles. The van der Waals surface area contributed by atoms with Crippen LogP contribution in [0.25, 0.3) is 0 Å². The molecule has 0 saturated carbocycles. The summed E-state index contributed by atoms with van der Waals surface area (Å²) in [6, 6.07) is 0. The van der Waals surface area contributed by atoms with E-state index in [2.05, 4.69) is 24.1 Å². The Morgan fingerprint density at radius 2 is 2.10 bits per heavy atom. The second-order valence-electron chi connectivity index (χ2n) is 5.40. The normalized spacial score (nSPS) is 27.9. The molecule has 7 heteroatoms. The number of morpholine rings is 1. The first-order chi connectivity index (χ1) is 9.54. The van der Waals surface area contributed by atoms with Gasteiger partial charge in [-0.2, -0.15) is 0 Å². The molecule has 0 aromatic rings. The molecular formula is C13H23N3O3S. The van der Waals surface area contributed by atoms with Crippen molar-refractivity contribution in [3.8, 4) is 0 Å². The standard InChI is InChI=1S/C13H23N3O3S/c1-10-7-15(8-11(2)19-10)4-3-14-12(17)9-16-5-6-20-13(16)18/h10-11H,3-9H2,1-2H3,(H,14,17). The van der Waals surface area contributed by atoms with E-state index < -0.39 is 0 Å². The monoisotopic (exact) mass is 301 g/mol. The zero-order valence-electron chi connectivity index (χ0n) is 12.1. The first-order valence-corrected chi connectivity index (χ1v) is 8.09. The summed E-state index contributed by atoms with van der Waals surface area (Å²) < 4.78 is 5.67. The Hall–Kier alpha value is -0.790. The number of nitrogens with zero attached hydrogens (tertiary/aromatic N) is 2. The number of amides is 2. The Morgan fingerprint density at radius 3 is 2.70 bits per heavy atom. The van der Waals surface area contributed by atoms with Crippen molar-refractivity contribution in [1.82, 2.24) is 15.1 Å². The molecule has 2 amide bonds. The molecule has 114 valence electrons. The predicted octanol–water partition coefficient (Wildman–Crippen LogP) is 0.381. The van der Waals surface area contributed by atoms with Crippen LogP contribution >= 0.6 is 11.8 Å². The van der Waals surface area contributed by atoms with Crippen LogP contribution in [0.3, 0.4) is 0 Å². The lowest BCUT2D eigenvalue weighted by Crippen LogP contribution is -2.48. The summed E-state index contributed by atoms with van der Waals surface area (Å²) in [4.78, 5) is 27.0. The van der Waals surface area contributed by atoms with Crippen LogP contribution in [0.4, 0.5) is 4.79 Å². The van der Waals surface area contributed by atoms with Crippen molar-refractivity contribution in [3.63, 3.8) is 0 Å². The molecule has 2 saturated heterocycles. The Labute approximate surface area is 124 Å². The minimum absolute atomic E-state index is 0.0102. The summed E-state index contributed by atoms with van der Waals surface area (Å²) in [5, 5.41) is 2.89. The van der Waals surface area contributed by atoms with Gasteiger partial charge in [0.1, 0.15) is 6.54 Å². The Balaban J connectivity index is 1.62. The van der Waals surface area contributed by atoms with Crippen LogP contribution in [-0.2, 0) is 9.53 Å². The van der Waals surface area contributed by atoms with Crippen molar-refractivity contribution in [3.05, 3.63) is 0 Å². The summed E-state index contributed by atoms with van der Waals surface area (Å²) in [5.41, 5.74) is 0. The molecule has 6 nitrogen and oxygen atoms in total. The van der Waals surface area contributed by atoms with E-state index in [1.807, 2.05) is 0 Å². The first-order valence-electron chi connectivity index (χ1n) is 7.11. The average Bonchev–Trinajstić information content (AvgIpc) is 2.73. The third-order valence-electron chi connectivity index (χ3n) is 3.42. The van der Waals surface area contributed by atoms with Gasteiger partial charge in [-0.15, -0.1) is 0 Å². The number of thioether (sulfide) groups is 1. The predicted molar refractivity (Wildman–Crippen MR) is 78.9 cm³/mol. The molecule has 2 aliphatic heterocycles. The number of hydrogen-bond acceptors (Lipinski definition) is 5. The molecule has 0 spiro atoms.